The summed E-state index contributed by atoms with van der Waals surface area (Å²) in [5, 5.41) is 0. The van der Waals surface area contributed by atoms with Gasteiger partial charge in [-0.3, -0.25) is 4.79 Å². The summed E-state index contributed by atoms with van der Waals surface area (Å²) in [5.74, 6) is -0.152. The summed E-state index contributed by atoms with van der Waals surface area (Å²) in [5.41, 5.74) is 0. The quantitative estimate of drug-likeness (QED) is 0.304. The summed E-state index contributed by atoms with van der Waals surface area (Å²) in [7, 11) is 0. The standard InChI is InChI=1S/C16H31FO5/c1-2-3-4-5-6-7-16(18)22-15-14-21-13-12-20-11-10-19-9-8-17/h2-15H2,1H3. The minimum atomic E-state index is -0.472. The zero-order valence-electron chi connectivity index (χ0n) is 13.8. The average molecular weight is 322 g/mol. The van der Waals surface area contributed by atoms with Crippen LogP contribution in [0.1, 0.15) is 45.4 Å². The van der Waals surface area contributed by atoms with Gasteiger partial charge in [0.15, 0.2) is 0 Å². The number of carbonyl (C=O) groups excluding carboxylic acids is 1. The van der Waals surface area contributed by atoms with Crippen molar-refractivity contribution in [1.82, 2.24) is 0 Å². The molecule has 0 atom stereocenters. The van der Waals surface area contributed by atoms with Gasteiger partial charge in [0, 0.05) is 6.42 Å². The molecule has 0 bridgehead atoms. The Hall–Kier alpha value is -0.720. The van der Waals surface area contributed by atoms with E-state index in [1.165, 1.54) is 19.3 Å². The summed E-state index contributed by atoms with van der Waals surface area (Å²) < 4.78 is 32.1. The van der Waals surface area contributed by atoms with Gasteiger partial charge in [-0.1, -0.05) is 32.6 Å². The normalized spacial score (nSPS) is 10.8. The molecule has 0 heterocycles. The summed E-state index contributed by atoms with van der Waals surface area (Å²) >= 11 is 0. The molecule has 0 aromatic rings. The number of carbonyl (C=O) groups is 1. The summed E-state index contributed by atoms with van der Waals surface area (Å²) in [6.07, 6.45) is 6.10. The Balaban J connectivity index is 3.10. The molecule has 132 valence electrons. The van der Waals surface area contributed by atoms with Crippen LogP contribution in [0, 0.1) is 0 Å². The third kappa shape index (κ3) is 17.3. The topological polar surface area (TPSA) is 54.0 Å². The van der Waals surface area contributed by atoms with Crippen molar-refractivity contribution < 1.29 is 28.1 Å². The van der Waals surface area contributed by atoms with Gasteiger partial charge < -0.3 is 18.9 Å². The molecule has 0 saturated carbocycles. The molecule has 0 saturated heterocycles. The molecule has 22 heavy (non-hydrogen) atoms. The largest absolute Gasteiger partial charge is 0.463 e. The molecule has 0 aliphatic rings. The summed E-state index contributed by atoms with van der Waals surface area (Å²) in [6.45, 7) is 4.18. The van der Waals surface area contributed by atoms with Crippen molar-refractivity contribution in [3.63, 3.8) is 0 Å². The zero-order valence-corrected chi connectivity index (χ0v) is 13.8. The van der Waals surface area contributed by atoms with E-state index in [9.17, 15) is 9.18 Å². The fourth-order valence-corrected chi connectivity index (χ4v) is 1.76. The molecule has 0 aromatic heterocycles. The van der Waals surface area contributed by atoms with Gasteiger partial charge in [0.1, 0.15) is 13.3 Å². The first-order valence-electron chi connectivity index (χ1n) is 8.26. The average Bonchev–Trinajstić information content (AvgIpc) is 2.52. The van der Waals surface area contributed by atoms with E-state index in [1.807, 2.05) is 0 Å². The molecule has 0 amide bonds. The molecule has 5 nitrogen and oxygen atoms in total. The van der Waals surface area contributed by atoms with Crippen LogP contribution in [0.2, 0.25) is 0 Å². The van der Waals surface area contributed by atoms with Crippen molar-refractivity contribution in [2.45, 2.75) is 45.4 Å². The third-order valence-electron chi connectivity index (χ3n) is 2.94. The van der Waals surface area contributed by atoms with E-state index < -0.39 is 6.67 Å². The number of alkyl halides is 1. The van der Waals surface area contributed by atoms with E-state index in [1.54, 1.807) is 0 Å². The van der Waals surface area contributed by atoms with E-state index in [0.717, 1.165) is 12.8 Å². The van der Waals surface area contributed by atoms with Crippen LogP contribution in [0.4, 0.5) is 4.39 Å². The highest BCUT2D eigenvalue weighted by molar-refractivity contribution is 5.69. The Labute approximate surface area is 133 Å². The Kier molecular flexibility index (Phi) is 17.7. The van der Waals surface area contributed by atoms with Crippen molar-refractivity contribution in [3.8, 4) is 0 Å². The smallest absolute Gasteiger partial charge is 0.305 e. The number of esters is 1. The second kappa shape index (κ2) is 18.3. The van der Waals surface area contributed by atoms with Gasteiger partial charge in [0.2, 0.25) is 0 Å². The van der Waals surface area contributed by atoms with Crippen LogP contribution in [0.5, 0.6) is 0 Å². The third-order valence-corrected chi connectivity index (χ3v) is 2.94. The van der Waals surface area contributed by atoms with Gasteiger partial charge in [0.25, 0.3) is 0 Å². The molecule has 0 aromatic carbocycles. The van der Waals surface area contributed by atoms with Crippen LogP contribution in [-0.2, 0) is 23.7 Å². The molecule has 0 radical (unpaired) electrons. The molecular formula is C16H31FO5. The van der Waals surface area contributed by atoms with Crippen molar-refractivity contribution >= 4 is 5.97 Å². The van der Waals surface area contributed by atoms with Gasteiger partial charge >= 0.3 is 5.97 Å². The van der Waals surface area contributed by atoms with Gasteiger partial charge in [-0.05, 0) is 6.42 Å². The number of halogens is 1. The molecule has 0 spiro atoms. The Bertz CT molecular complexity index is 239. The van der Waals surface area contributed by atoms with Crippen LogP contribution >= 0.6 is 0 Å². The highest BCUT2D eigenvalue weighted by atomic mass is 19.1. The number of hydrogen-bond donors (Lipinski definition) is 0. The highest BCUT2D eigenvalue weighted by Crippen LogP contribution is 2.05. The van der Waals surface area contributed by atoms with E-state index >= 15 is 0 Å². The molecule has 0 fully saturated rings. The van der Waals surface area contributed by atoms with Crippen LogP contribution in [0.3, 0.4) is 0 Å². The number of hydrogen-bond acceptors (Lipinski definition) is 5. The first kappa shape index (κ1) is 21.3. The van der Waals surface area contributed by atoms with Crippen molar-refractivity contribution in [2.75, 3.05) is 52.9 Å². The lowest BCUT2D eigenvalue weighted by molar-refractivity contribution is -0.145. The molecule has 6 heteroatoms. The van der Waals surface area contributed by atoms with Gasteiger partial charge in [-0.25, -0.2) is 4.39 Å². The van der Waals surface area contributed by atoms with Crippen molar-refractivity contribution in [2.24, 2.45) is 0 Å². The lowest BCUT2D eigenvalue weighted by Gasteiger charge is -2.07. The molecular weight excluding hydrogens is 291 g/mol. The van der Waals surface area contributed by atoms with Crippen LogP contribution < -0.4 is 0 Å². The Morgan fingerprint density at radius 2 is 1.32 bits per heavy atom. The van der Waals surface area contributed by atoms with E-state index in [4.69, 9.17) is 18.9 Å². The van der Waals surface area contributed by atoms with E-state index in [0.29, 0.717) is 39.5 Å². The Morgan fingerprint density at radius 1 is 0.773 bits per heavy atom. The zero-order chi connectivity index (χ0) is 16.3. The molecule has 0 unspecified atom stereocenters. The lowest BCUT2D eigenvalue weighted by atomic mass is 10.1. The molecule has 0 aliphatic heterocycles. The summed E-state index contributed by atoms with van der Waals surface area (Å²) in [6, 6.07) is 0. The predicted molar refractivity (Wildman–Crippen MR) is 82.8 cm³/mol. The van der Waals surface area contributed by atoms with E-state index in [2.05, 4.69) is 6.92 Å². The second-order valence-corrected chi connectivity index (χ2v) is 4.91. The van der Waals surface area contributed by atoms with Gasteiger partial charge in [0.05, 0.1) is 39.6 Å². The number of ether oxygens (including phenoxy) is 4. The van der Waals surface area contributed by atoms with Crippen LogP contribution in [0.25, 0.3) is 0 Å². The van der Waals surface area contributed by atoms with Crippen molar-refractivity contribution in [1.29, 1.82) is 0 Å². The molecule has 0 N–H and O–H groups in total. The van der Waals surface area contributed by atoms with Gasteiger partial charge in [-0.15, -0.1) is 0 Å². The van der Waals surface area contributed by atoms with Crippen molar-refractivity contribution in [3.05, 3.63) is 0 Å². The van der Waals surface area contributed by atoms with Gasteiger partial charge in [-0.2, -0.15) is 0 Å². The Morgan fingerprint density at radius 3 is 1.91 bits per heavy atom. The summed E-state index contributed by atoms with van der Waals surface area (Å²) in [4.78, 5) is 11.4. The monoisotopic (exact) mass is 322 g/mol. The highest BCUT2D eigenvalue weighted by Gasteiger charge is 2.02. The number of unbranched alkanes of at least 4 members (excludes halogenated alkanes) is 4. The maximum Gasteiger partial charge on any atom is 0.305 e. The molecule has 0 rings (SSSR count). The van der Waals surface area contributed by atoms with Crippen LogP contribution in [0.15, 0.2) is 0 Å². The molecule has 0 aliphatic carbocycles. The second-order valence-electron chi connectivity index (χ2n) is 4.91. The van der Waals surface area contributed by atoms with E-state index in [-0.39, 0.29) is 19.2 Å². The fourth-order valence-electron chi connectivity index (χ4n) is 1.76. The number of rotatable bonds is 17. The maximum atomic E-state index is 11.7. The SMILES string of the molecule is CCCCCCCC(=O)OCCOCCOCCOCCF. The predicted octanol–water partition coefficient (Wildman–Crippen LogP) is 2.91. The van der Waals surface area contributed by atoms with Crippen LogP contribution in [-0.4, -0.2) is 58.9 Å². The first-order chi connectivity index (χ1) is 10.8. The first-order valence-corrected chi connectivity index (χ1v) is 8.26. The lowest BCUT2D eigenvalue weighted by Crippen LogP contribution is -2.14. The maximum absolute atomic E-state index is 11.7. The minimum Gasteiger partial charge on any atom is -0.463 e. The minimum absolute atomic E-state index is 0.115. The fraction of sp³-hybridized carbons (Fsp3) is 0.938.